The summed E-state index contributed by atoms with van der Waals surface area (Å²) in [7, 11) is 0. The Morgan fingerprint density at radius 3 is 2.25 bits per heavy atom. The van der Waals surface area contributed by atoms with Crippen molar-refractivity contribution in [3.05, 3.63) is 60.0 Å². The zero-order chi connectivity index (χ0) is 14.3. The Morgan fingerprint density at radius 2 is 1.55 bits per heavy atom. The van der Waals surface area contributed by atoms with Gasteiger partial charge in [-0.25, -0.2) is 13.2 Å². The molecule has 20 heavy (non-hydrogen) atoms. The van der Waals surface area contributed by atoms with Gasteiger partial charge in [0, 0.05) is 23.2 Å². The summed E-state index contributed by atoms with van der Waals surface area (Å²) in [4.78, 5) is 4.05. The van der Waals surface area contributed by atoms with E-state index in [1.54, 1.807) is 6.07 Å². The van der Waals surface area contributed by atoms with Crippen LogP contribution in [0.3, 0.4) is 0 Å². The summed E-state index contributed by atoms with van der Waals surface area (Å²) in [5.74, 6) is -3.50. The van der Waals surface area contributed by atoms with Crippen LogP contribution in [0.25, 0.3) is 22.0 Å². The molecule has 0 saturated heterocycles. The van der Waals surface area contributed by atoms with Crippen LogP contribution in [0.15, 0.2) is 42.6 Å². The summed E-state index contributed by atoms with van der Waals surface area (Å²) in [6, 6.07) is 7.78. The third kappa shape index (κ3) is 2.07. The molecule has 2 aromatic carbocycles. The van der Waals surface area contributed by atoms with Crippen LogP contribution in [-0.2, 0) is 0 Å². The highest BCUT2D eigenvalue weighted by atomic mass is 19.1. The van der Waals surface area contributed by atoms with E-state index < -0.39 is 23.2 Å². The molecule has 0 bridgehead atoms. The lowest BCUT2D eigenvalue weighted by Gasteiger charge is -2.05. The average Bonchev–Trinajstić information content (AvgIpc) is 2.43. The summed E-state index contributed by atoms with van der Waals surface area (Å²) < 4.78 is 39.7. The van der Waals surface area contributed by atoms with Gasteiger partial charge < -0.3 is 5.11 Å². The van der Waals surface area contributed by atoms with Crippen molar-refractivity contribution >= 4 is 10.9 Å². The monoisotopic (exact) mass is 275 g/mol. The van der Waals surface area contributed by atoms with Gasteiger partial charge in [-0.2, -0.15) is 0 Å². The third-order valence-corrected chi connectivity index (χ3v) is 3.00. The highest BCUT2D eigenvalue weighted by Gasteiger charge is 2.11. The first-order chi connectivity index (χ1) is 9.54. The van der Waals surface area contributed by atoms with Gasteiger partial charge in [0.25, 0.3) is 0 Å². The van der Waals surface area contributed by atoms with Gasteiger partial charge in [-0.3, -0.25) is 4.98 Å². The van der Waals surface area contributed by atoms with E-state index in [0.29, 0.717) is 16.5 Å². The molecular weight excluding hydrogens is 267 g/mol. The molecule has 1 N–H and O–H groups in total. The Kier molecular flexibility index (Phi) is 2.82. The van der Waals surface area contributed by atoms with Gasteiger partial charge in [-0.1, -0.05) is 0 Å². The van der Waals surface area contributed by atoms with Gasteiger partial charge in [0.2, 0.25) is 0 Å². The average molecular weight is 275 g/mol. The fraction of sp³-hybridized carbons (Fsp3) is 0. The maximum Gasteiger partial charge on any atom is 0.187 e. The fourth-order valence-electron chi connectivity index (χ4n) is 1.98. The Labute approximate surface area is 112 Å². The van der Waals surface area contributed by atoms with Gasteiger partial charge in [-0.15, -0.1) is 0 Å². The van der Waals surface area contributed by atoms with Crippen molar-refractivity contribution in [2.45, 2.75) is 0 Å². The molecule has 100 valence electrons. The number of halogens is 3. The topological polar surface area (TPSA) is 33.1 Å². The molecule has 1 heterocycles. The van der Waals surface area contributed by atoms with Crippen LogP contribution in [0.5, 0.6) is 5.75 Å². The lowest BCUT2D eigenvalue weighted by molar-refractivity contribution is 0.396. The van der Waals surface area contributed by atoms with E-state index in [1.807, 2.05) is 0 Å². The van der Waals surface area contributed by atoms with Gasteiger partial charge in [-0.05, 0) is 35.9 Å². The number of fused-ring (bicyclic) bond motifs is 1. The minimum atomic E-state index is -1.04. The van der Waals surface area contributed by atoms with Crippen molar-refractivity contribution < 1.29 is 18.3 Å². The maximum absolute atomic E-state index is 13.3. The summed E-state index contributed by atoms with van der Waals surface area (Å²) >= 11 is 0. The number of pyridine rings is 1. The number of hydrogen-bond acceptors (Lipinski definition) is 2. The van der Waals surface area contributed by atoms with Crippen LogP contribution in [0, 0.1) is 17.5 Å². The normalized spacial score (nSPS) is 10.9. The summed E-state index contributed by atoms with van der Waals surface area (Å²) in [5, 5.41) is 9.72. The third-order valence-electron chi connectivity index (χ3n) is 3.00. The van der Waals surface area contributed by atoms with Gasteiger partial charge in [0.05, 0.1) is 5.52 Å². The first kappa shape index (κ1) is 12.5. The molecule has 0 aliphatic carbocycles. The molecule has 0 radical (unpaired) electrons. The lowest BCUT2D eigenvalue weighted by atomic mass is 10.0. The Bertz CT molecular complexity index is 794. The van der Waals surface area contributed by atoms with Crippen LogP contribution in [0.2, 0.25) is 0 Å². The summed E-state index contributed by atoms with van der Waals surface area (Å²) in [5.41, 5.74) is 1.17. The highest BCUT2D eigenvalue weighted by Crippen LogP contribution is 2.29. The second-order valence-corrected chi connectivity index (χ2v) is 4.35. The second kappa shape index (κ2) is 4.52. The predicted molar refractivity (Wildman–Crippen MR) is 68.7 cm³/mol. The van der Waals surface area contributed by atoms with Gasteiger partial charge in [0.1, 0.15) is 5.82 Å². The van der Waals surface area contributed by atoms with Crippen LogP contribution in [0.4, 0.5) is 13.2 Å². The SMILES string of the molecule is Oc1c(F)cc(-c2cnc3cc(F)ccc3c2)cc1F. The molecule has 1 aromatic heterocycles. The smallest absolute Gasteiger partial charge is 0.187 e. The molecule has 5 heteroatoms. The molecule has 0 aliphatic rings. The minimum Gasteiger partial charge on any atom is -0.503 e. The van der Waals surface area contributed by atoms with Crippen molar-refractivity contribution in [3.8, 4) is 16.9 Å². The number of hydrogen-bond donors (Lipinski definition) is 1. The number of benzene rings is 2. The second-order valence-electron chi connectivity index (χ2n) is 4.35. The van der Waals surface area contributed by atoms with Crippen molar-refractivity contribution in [1.82, 2.24) is 4.98 Å². The number of phenols is 1. The van der Waals surface area contributed by atoms with E-state index in [1.165, 1.54) is 24.4 Å². The number of aromatic hydroxyl groups is 1. The molecule has 0 unspecified atom stereocenters. The Hall–Kier alpha value is -2.56. The quantitative estimate of drug-likeness (QED) is 0.727. The van der Waals surface area contributed by atoms with Crippen LogP contribution in [0.1, 0.15) is 0 Å². The summed E-state index contributed by atoms with van der Waals surface area (Å²) in [6.07, 6.45) is 1.40. The van der Waals surface area contributed by atoms with Crippen LogP contribution < -0.4 is 0 Å². The van der Waals surface area contributed by atoms with Crippen molar-refractivity contribution in [1.29, 1.82) is 0 Å². The zero-order valence-corrected chi connectivity index (χ0v) is 10.1. The molecule has 0 atom stereocenters. The van der Waals surface area contributed by atoms with E-state index in [4.69, 9.17) is 5.11 Å². The highest BCUT2D eigenvalue weighted by molar-refractivity contribution is 5.83. The van der Waals surface area contributed by atoms with E-state index in [9.17, 15) is 13.2 Å². The summed E-state index contributed by atoms with van der Waals surface area (Å²) in [6.45, 7) is 0. The predicted octanol–water partition coefficient (Wildman–Crippen LogP) is 4.02. The molecule has 0 fully saturated rings. The fourth-order valence-corrected chi connectivity index (χ4v) is 1.98. The van der Waals surface area contributed by atoms with Crippen molar-refractivity contribution in [2.24, 2.45) is 0 Å². The first-order valence-electron chi connectivity index (χ1n) is 5.78. The van der Waals surface area contributed by atoms with Gasteiger partial charge in [0.15, 0.2) is 17.4 Å². The molecule has 3 rings (SSSR count). The van der Waals surface area contributed by atoms with Crippen LogP contribution in [-0.4, -0.2) is 10.1 Å². The molecular formula is C15H8F3NO. The number of aromatic nitrogens is 1. The van der Waals surface area contributed by atoms with Crippen molar-refractivity contribution in [3.63, 3.8) is 0 Å². The maximum atomic E-state index is 13.3. The molecule has 0 amide bonds. The Morgan fingerprint density at radius 1 is 0.850 bits per heavy atom. The largest absolute Gasteiger partial charge is 0.503 e. The van der Waals surface area contributed by atoms with Gasteiger partial charge >= 0.3 is 0 Å². The number of phenolic OH excluding ortho intramolecular Hbond substituents is 1. The standard InChI is InChI=1S/C15H8F3NO/c16-11-2-1-8-3-10(7-19-14(8)6-11)9-4-12(17)15(20)13(18)5-9/h1-7,20H. The van der Waals surface area contributed by atoms with E-state index in [-0.39, 0.29) is 5.56 Å². The minimum absolute atomic E-state index is 0.247. The number of nitrogens with zero attached hydrogens (tertiary/aromatic N) is 1. The zero-order valence-electron chi connectivity index (χ0n) is 10.1. The molecule has 0 aliphatic heterocycles. The molecule has 0 saturated carbocycles. The number of rotatable bonds is 1. The lowest BCUT2D eigenvalue weighted by Crippen LogP contribution is -1.88. The molecule has 0 spiro atoms. The first-order valence-corrected chi connectivity index (χ1v) is 5.78. The Balaban J connectivity index is 2.17. The molecule has 2 nitrogen and oxygen atoms in total. The molecule has 3 aromatic rings. The van der Waals surface area contributed by atoms with E-state index in [2.05, 4.69) is 4.98 Å². The van der Waals surface area contributed by atoms with E-state index >= 15 is 0 Å². The van der Waals surface area contributed by atoms with Crippen molar-refractivity contribution in [2.75, 3.05) is 0 Å². The van der Waals surface area contributed by atoms with E-state index in [0.717, 1.165) is 12.1 Å². The van der Waals surface area contributed by atoms with Crippen LogP contribution >= 0.6 is 0 Å².